The minimum Gasteiger partial charge on any atom is -0.331 e. The smallest absolute Gasteiger partial charge is 0.250 e. The number of rotatable bonds is 3. The predicted molar refractivity (Wildman–Crippen MR) is 52.6 cm³/mol. The van der Waals surface area contributed by atoms with E-state index in [0.717, 1.165) is 5.69 Å². The van der Waals surface area contributed by atoms with Gasteiger partial charge in [-0.25, -0.2) is 4.98 Å². The molecule has 80 valence electrons. The van der Waals surface area contributed by atoms with Gasteiger partial charge < -0.3 is 9.55 Å². The van der Waals surface area contributed by atoms with Gasteiger partial charge in [0.2, 0.25) is 0 Å². The van der Waals surface area contributed by atoms with Crippen LogP contribution in [0, 0.1) is 0 Å². The van der Waals surface area contributed by atoms with Gasteiger partial charge in [-0.15, -0.1) is 15.3 Å². The fraction of sp³-hybridized carbons (Fsp3) is 0.125. The summed E-state index contributed by atoms with van der Waals surface area (Å²) in [5, 5.41) is 15.5. The van der Waals surface area contributed by atoms with Gasteiger partial charge in [0, 0.05) is 12.4 Å². The molecule has 3 rings (SSSR count). The Balaban J connectivity index is 1.83. The lowest BCUT2D eigenvalue weighted by molar-refractivity contribution is 0.742. The molecule has 0 spiro atoms. The fourth-order valence-electron chi connectivity index (χ4n) is 1.35. The van der Waals surface area contributed by atoms with Crippen molar-refractivity contribution in [3.8, 4) is 5.95 Å². The highest BCUT2D eigenvalue weighted by Gasteiger charge is 2.04. The first-order valence-electron chi connectivity index (χ1n) is 4.65. The van der Waals surface area contributed by atoms with Gasteiger partial charge >= 0.3 is 0 Å². The second-order valence-electron chi connectivity index (χ2n) is 3.20. The monoisotopic (exact) mass is 216 g/mol. The van der Waals surface area contributed by atoms with Crippen LogP contribution in [-0.4, -0.2) is 39.7 Å². The van der Waals surface area contributed by atoms with Gasteiger partial charge in [0.05, 0.1) is 19.1 Å². The van der Waals surface area contributed by atoms with Crippen molar-refractivity contribution in [3.63, 3.8) is 0 Å². The second-order valence-corrected chi connectivity index (χ2v) is 3.20. The molecule has 16 heavy (non-hydrogen) atoms. The van der Waals surface area contributed by atoms with E-state index in [2.05, 4.69) is 30.5 Å². The Morgan fingerprint density at radius 2 is 2.31 bits per heavy atom. The number of nitrogens with one attached hydrogen (secondary N) is 1. The molecule has 0 fully saturated rings. The van der Waals surface area contributed by atoms with Crippen molar-refractivity contribution in [1.82, 2.24) is 39.7 Å². The van der Waals surface area contributed by atoms with Crippen molar-refractivity contribution in [1.29, 1.82) is 0 Å². The number of nitrogens with zero attached hydrogens (tertiary/aromatic N) is 7. The topological polar surface area (TPSA) is 90.1 Å². The minimum atomic E-state index is 0.546. The van der Waals surface area contributed by atoms with Crippen LogP contribution in [0.3, 0.4) is 0 Å². The van der Waals surface area contributed by atoms with E-state index in [9.17, 15) is 0 Å². The molecule has 0 aliphatic heterocycles. The van der Waals surface area contributed by atoms with Gasteiger partial charge in [0.15, 0.2) is 0 Å². The molecule has 3 aromatic rings. The molecular weight excluding hydrogens is 208 g/mol. The fourth-order valence-corrected chi connectivity index (χ4v) is 1.35. The maximum atomic E-state index is 4.02. The number of aromatic nitrogens is 8. The molecule has 8 heteroatoms. The third-order valence-corrected chi connectivity index (χ3v) is 2.07. The Labute approximate surface area is 90.0 Å². The van der Waals surface area contributed by atoms with Gasteiger partial charge in [-0.2, -0.15) is 4.68 Å². The Kier molecular flexibility index (Phi) is 1.96. The molecule has 0 aliphatic carbocycles. The van der Waals surface area contributed by atoms with Gasteiger partial charge in [-0.3, -0.25) is 0 Å². The number of hydrogen-bond acceptors (Lipinski definition) is 5. The summed E-state index contributed by atoms with van der Waals surface area (Å²) < 4.78 is 3.45. The highest BCUT2D eigenvalue weighted by molar-refractivity contribution is 5.07. The number of aromatic amines is 1. The van der Waals surface area contributed by atoms with Gasteiger partial charge in [-0.05, 0) is 0 Å². The van der Waals surface area contributed by atoms with Crippen LogP contribution in [0.5, 0.6) is 0 Å². The lowest BCUT2D eigenvalue weighted by Crippen LogP contribution is -1.97. The SMILES string of the molecule is c1cn(Cc2cn(-c3nnc[nH]3)nn2)cn1. The van der Waals surface area contributed by atoms with Crippen LogP contribution in [0.2, 0.25) is 0 Å². The summed E-state index contributed by atoms with van der Waals surface area (Å²) in [6.45, 7) is 0.633. The lowest BCUT2D eigenvalue weighted by Gasteiger charge is -1.95. The van der Waals surface area contributed by atoms with E-state index < -0.39 is 0 Å². The van der Waals surface area contributed by atoms with Gasteiger partial charge in [-0.1, -0.05) is 5.21 Å². The first-order chi connectivity index (χ1) is 7.92. The third kappa shape index (κ3) is 1.56. The van der Waals surface area contributed by atoms with E-state index in [-0.39, 0.29) is 0 Å². The van der Waals surface area contributed by atoms with Crippen LogP contribution in [0.15, 0.2) is 31.2 Å². The third-order valence-electron chi connectivity index (χ3n) is 2.07. The molecule has 0 saturated carbocycles. The molecule has 8 nitrogen and oxygen atoms in total. The summed E-state index contributed by atoms with van der Waals surface area (Å²) in [6.07, 6.45) is 8.61. The molecule has 0 aromatic carbocycles. The summed E-state index contributed by atoms with van der Waals surface area (Å²) in [5.74, 6) is 0.546. The van der Waals surface area contributed by atoms with E-state index in [1.54, 1.807) is 23.4 Å². The highest BCUT2D eigenvalue weighted by Crippen LogP contribution is 2.00. The predicted octanol–water partition coefficient (Wildman–Crippen LogP) is -0.370. The van der Waals surface area contributed by atoms with Crippen LogP contribution in [0.4, 0.5) is 0 Å². The number of H-pyrrole nitrogens is 1. The largest absolute Gasteiger partial charge is 0.331 e. The summed E-state index contributed by atoms with van der Waals surface area (Å²) in [6, 6.07) is 0. The van der Waals surface area contributed by atoms with Crippen molar-refractivity contribution in [3.05, 3.63) is 36.9 Å². The molecule has 0 bridgehead atoms. The Bertz CT molecular complexity index is 549. The highest BCUT2D eigenvalue weighted by atomic mass is 15.5. The van der Waals surface area contributed by atoms with Crippen molar-refractivity contribution >= 4 is 0 Å². The van der Waals surface area contributed by atoms with E-state index in [1.165, 1.54) is 6.33 Å². The van der Waals surface area contributed by atoms with Crippen LogP contribution >= 0.6 is 0 Å². The zero-order valence-electron chi connectivity index (χ0n) is 8.22. The second kappa shape index (κ2) is 3.57. The molecule has 0 atom stereocenters. The average Bonchev–Trinajstić information content (AvgIpc) is 2.99. The quantitative estimate of drug-likeness (QED) is 0.645. The summed E-state index contributed by atoms with van der Waals surface area (Å²) >= 11 is 0. The molecule has 0 saturated heterocycles. The summed E-state index contributed by atoms with van der Waals surface area (Å²) in [7, 11) is 0. The minimum absolute atomic E-state index is 0.546. The molecule has 0 aliphatic rings. The molecule has 0 amide bonds. The van der Waals surface area contributed by atoms with Crippen molar-refractivity contribution in [2.45, 2.75) is 6.54 Å². The first kappa shape index (κ1) is 8.77. The number of hydrogen-bond donors (Lipinski definition) is 1. The average molecular weight is 216 g/mol. The molecule has 0 unspecified atom stereocenters. The van der Waals surface area contributed by atoms with E-state index in [1.807, 2.05) is 10.8 Å². The Hall–Kier alpha value is -2.51. The first-order valence-corrected chi connectivity index (χ1v) is 4.65. The van der Waals surface area contributed by atoms with Crippen molar-refractivity contribution < 1.29 is 0 Å². The lowest BCUT2D eigenvalue weighted by atomic mass is 10.5. The van der Waals surface area contributed by atoms with Crippen LogP contribution in [-0.2, 0) is 6.54 Å². The van der Waals surface area contributed by atoms with Crippen molar-refractivity contribution in [2.75, 3.05) is 0 Å². The molecule has 3 heterocycles. The van der Waals surface area contributed by atoms with E-state index in [4.69, 9.17) is 0 Å². The molecule has 3 aromatic heterocycles. The maximum Gasteiger partial charge on any atom is 0.250 e. The summed E-state index contributed by atoms with van der Waals surface area (Å²) in [4.78, 5) is 6.80. The molecule has 0 radical (unpaired) electrons. The standard InChI is InChI=1S/C8H8N8/c1-2-15(6-9-1)3-7-4-16(14-12-7)8-10-5-11-13-8/h1-2,4-6H,3H2,(H,10,11,13). The van der Waals surface area contributed by atoms with Crippen LogP contribution < -0.4 is 0 Å². The maximum absolute atomic E-state index is 4.02. The Morgan fingerprint density at radius 3 is 3.06 bits per heavy atom. The van der Waals surface area contributed by atoms with E-state index >= 15 is 0 Å². The van der Waals surface area contributed by atoms with Crippen molar-refractivity contribution in [2.24, 2.45) is 0 Å². The van der Waals surface area contributed by atoms with Gasteiger partial charge in [0.25, 0.3) is 5.95 Å². The molecule has 1 N–H and O–H groups in total. The normalized spacial score (nSPS) is 10.8. The molecular formula is C8H8N8. The van der Waals surface area contributed by atoms with Crippen LogP contribution in [0.1, 0.15) is 5.69 Å². The van der Waals surface area contributed by atoms with Crippen LogP contribution in [0.25, 0.3) is 5.95 Å². The van der Waals surface area contributed by atoms with Gasteiger partial charge in [0.1, 0.15) is 12.0 Å². The zero-order chi connectivity index (χ0) is 10.8. The summed E-state index contributed by atoms with van der Waals surface area (Å²) in [5.41, 5.74) is 0.828. The Morgan fingerprint density at radius 1 is 1.31 bits per heavy atom. The number of imidazole rings is 1. The zero-order valence-corrected chi connectivity index (χ0v) is 8.22. The van der Waals surface area contributed by atoms with E-state index in [0.29, 0.717) is 12.5 Å².